The Morgan fingerprint density at radius 1 is 1.39 bits per heavy atom. The molecule has 1 heterocycles. The number of anilines is 1. The number of rotatable bonds is 4. The van der Waals surface area contributed by atoms with E-state index in [9.17, 15) is 5.11 Å². The van der Waals surface area contributed by atoms with Crippen molar-refractivity contribution in [2.24, 2.45) is 0 Å². The molecule has 0 radical (unpaired) electrons. The fourth-order valence-electron chi connectivity index (χ4n) is 1.62. The predicted octanol–water partition coefficient (Wildman–Crippen LogP) is 3.03. The maximum atomic E-state index is 10.5. The highest BCUT2D eigenvalue weighted by Gasteiger charge is 2.23. The molecular weight excluding hydrogens is 264 g/mol. The Kier molecular flexibility index (Phi) is 3.94. The second kappa shape index (κ2) is 5.30. The van der Waals surface area contributed by atoms with Crippen LogP contribution in [0.15, 0.2) is 34.5 Å². The molecule has 0 aliphatic carbocycles. The quantitative estimate of drug-likeness (QED) is 0.845. The number of aromatic nitrogens is 1. The van der Waals surface area contributed by atoms with E-state index < -0.39 is 5.60 Å². The van der Waals surface area contributed by atoms with Crippen molar-refractivity contribution in [1.82, 2.24) is 4.98 Å². The van der Waals surface area contributed by atoms with Crippen LogP contribution in [0.25, 0.3) is 0 Å². The van der Waals surface area contributed by atoms with Gasteiger partial charge in [-0.05, 0) is 19.4 Å². The number of thioether (sulfide) groups is 1. The topological polar surface area (TPSA) is 59.1 Å². The van der Waals surface area contributed by atoms with E-state index in [1.165, 1.54) is 11.3 Å². The number of aliphatic hydroxyl groups is 1. The molecule has 0 aliphatic rings. The summed E-state index contributed by atoms with van der Waals surface area (Å²) in [5.74, 6) is 0.583. The van der Waals surface area contributed by atoms with Crippen molar-refractivity contribution in [2.45, 2.75) is 23.7 Å². The number of nitrogens with two attached hydrogens (primary N) is 1. The Balaban J connectivity index is 2.08. The molecule has 0 amide bonds. The smallest absolute Gasteiger partial charge is 0.181 e. The van der Waals surface area contributed by atoms with E-state index in [0.717, 1.165) is 15.5 Å². The minimum absolute atomic E-state index is 0.578. The summed E-state index contributed by atoms with van der Waals surface area (Å²) in [6.45, 7) is 3.77. The van der Waals surface area contributed by atoms with Gasteiger partial charge in [0.05, 0.1) is 15.5 Å². The van der Waals surface area contributed by atoms with Crippen molar-refractivity contribution in [3.8, 4) is 0 Å². The van der Waals surface area contributed by atoms with Crippen LogP contribution in [0, 0.1) is 6.92 Å². The van der Waals surface area contributed by atoms with Gasteiger partial charge in [0.2, 0.25) is 0 Å². The van der Waals surface area contributed by atoms with Gasteiger partial charge in [-0.3, -0.25) is 0 Å². The molecule has 3 nitrogen and oxygen atoms in total. The van der Waals surface area contributed by atoms with E-state index in [1.54, 1.807) is 11.8 Å². The molecule has 0 aliphatic heterocycles. The van der Waals surface area contributed by atoms with Gasteiger partial charge in [0.1, 0.15) is 0 Å². The van der Waals surface area contributed by atoms with Crippen molar-refractivity contribution in [3.63, 3.8) is 0 Å². The van der Waals surface area contributed by atoms with Crippen LogP contribution in [0.3, 0.4) is 0 Å². The lowest BCUT2D eigenvalue weighted by Crippen LogP contribution is -2.24. The summed E-state index contributed by atoms with van der Waals surface area (Å²) in [6, 6.07) is 9.69. The van der Waals surface area contributed by atoms with E-state index in [4.69, 9.17) is 5.73 Å². The van der Waals surface area contributed by atoms with E-state index >= 15 is 0 Å². The molecule has 1 aromatic heterocycles. The first-order valence-electron chi connectivity index (χ1n) is 5.62. The van der Waals surface area contributed by atoms with Crippen molar-refractivity contribution < 1.29 is 5.11 Å². The molecule has 1 atom stereocenters. The molecule has 0 saturated heterocycles. The lowest BCUT2D eigenvalue weighted by Gasteiger charge is -2.23. The molecule has 0 saturated carbocycles. The van der Waals surface area contributed by atoms with Crippen molar-refractivity contribution in [1.29, 1.82) is 0 Å². The summed E-state index contributed by atoms with van der Waals surface area (Å²) in [4.78, 5) is 4.18. The average molecular weight is 280 g/mol. The van der Waals surface area contributed by atoms with E-state index in [1.807, 2.05) is 44.2 Å². The summed E-state index contributed by atoms with van der Waals surface area (Å²) in [6.07, 6.45) is 0. The molecule has 0 fully saturated rings. The zero-order valence-electron chi connectivity index (χ0n) is 10.4. The molecule has 1 unspecified atom stereocenters. The van der Waals surface area contributed by atoms with Gasteiger partial charge in [0.15, 0.2) is 5.13 Å². The van der Waals surface area contributed by atoms with Gasteiger partial charge in [-0.1, -0.05) is 41.7 Å². The highest BCUT2D eigenvalue weighted by molar-refractivity contribution is 8.01. The molecule has 2 aromatic rings. The van der Waals surface area contributed by atoms with E-state index in [0.29, 0.717) is 10.9 Å². The van der Waals surface area contributed by atoms with Gasteiger partial charge in [-0.15, -0.1) is 11.8 Å². The normalized spacial score (nSPS) is 14.4. The van der Waals surface area contributed by atoms with Gasteiger partial charge in [-0.2, -0.15) is 0 Å². The predicted molar refractivity (Wildman–Crippen MR) is 78.0 cm³/mol. The van der Waals surface area contributed by atoms with Crippen LogP contribution in [-0.2, 0) is 5.60 Å². The lowest BCUT2D eigenvalue weighted by molar-refractivity contribution is 0.0840. The standard InChI is InChI=1S/C13H16N2OS2/c1-9-11(18-12(14)15-9)17-8-13(2,16)10-6-4-3-5-7-10/h3-7,16H,8H2,1-2H3,(H2,14,15). The van der Waals surface area contributed by atoms with Crippen LogP contribution in [0.5, 0.6) is 0 Å². The van der Waals surface area contributed by atoms with Crippen molar-refractivity contribution in [3.05, 3.63) is 41.6 Å². The van der Waals surface area contributed by atoms with Crippen LogP contribution in [0.4, 0.5) is 5.13 Å². The van der Waals surface area contributed by atoms with Gasteiger partial charge in [0, 0.05) is 5.75 Å². The summed E-state index contributed by atoms with van der Waals surface area (Å²) in [5.41, 5.74) is 6.67. The number of thiazole rings is 1. The van der Waals surface area contributed by atoms with Crippen LogP contribution in [0.2, 0.25) is 0 Å². The number of nitrogens with zero attached hydrogens (tertiary/aromatic N) is 1. The second-order valence-corrected chi connectivity index (χ2v) is 6.63. The summed E-state index contributed by atoms with van der Waals surface area (Å²) >= 11 is 3.06. The monoisotopic (exact) mass is 280 g/mol. The summed E-state index contributed by atoms with van der Waals surface area (Å²) in [5, 5.41) is 11.1. The van der Waals surface area contributed by atoms with Crippen molar-refractivity contribution >= 4 is 28.2 Å². The zero-order valence-corrected chi connectivity index (χ0v) is 12.0. The molecule has 96 valence electrons. The molecular formula is C13H16N2OS2. The lowest BCUT2D eigenvalue weighted by atomic mass is 9.99. The Bertz CT molecular complexity index is 523. The first kappa shape index (κ1) is 13.4. The third-order valence-electron chi connectivity index (χ3n) is 2.65. The van der Waals surface area contributed by atoms with Crippen LogP contribution in [0.1, 0.15) is 18.2 Å². The first-order valence-corrected chi connectivity index (χ1v) is 7.43. The van der Waals surface area contributed by atoms with Gasteiger partial charge in [0.25, 0.3) is 0 Å². The number of aryl methyl sites for hydroxylation is 1. The fraction of sp³-hybridized carbons (Fsp3) is 0.308. The van der Waals surface area contributed by atoms with Gasteiger partial charge < -0.3 is 10.8 Å². The molecule has 3 N–H and O–H groups in total. The van der Waals surface area contributed by atoms with Crippen LogP contribution < -0.4 is 5.73 Å². The zero-order chi connectivity index (χ0) is 13.2. The van der Waals surface area contributed by atoms with E-state index in [2.05, 4.69) is 4.98 Å². The molecule has 0 bridgehead atoms. The maximum absolute atomic E-state index is 10.5. The largest absolute Gasteiger partial charge is 0.385 e. The SMILES string of the molecule is Cc1nc(N)sc1SCC(C)(O)c1ccccc1. The van der Waals surface area contributed by atoms with Gasteiger partial charge >= 0.3 is 0 Å². The molecule has 5 heteroatoms. The Morgan fingerprint density at radius 3 is 2.61 bits per heavy atom. The Labute approximate surface area is 115 Å². The van der Waals surface area contributed by atoms with Crippen molar-refractivity contribution in [2.75, 3.05) is 11.5 Å². The molecule has 0 spiro atoms. The number of nitrogen functional groups attached to an aromatic ring is 1. The second-order valence-electron chi connectivity index (χ2n) is 4.35. The number of benzene rings is 1. The summed E-state index contributed by atoms with van der Waals surface area (Å²) in [7, 11) is 0. The Hall–Kier alpha value is -1.04. The first-order chi connectivity index (χ1) is 8.49. The van der Waals surface area contributed by atoms with E-state index in [-0.39, 0.29) is 0 Å². The number of hydrogen-bond acceptors (Lipinski definition) is 5. The highest BCUT2D eigenvalue weighted by Crippen LogP contribution is 2.35. The molecule has 2 rings (SSSR count). The summed E-state index contributed by atoms with van der Waals surface area (Å²) < 4.78 is 1.07. The molecule has 18 heavy (non-hydrogen) atoms. The third kappa shape index (κ3) is 3.04. The minimum Gasteiger partial charge on any atom is -0.385 e. The van der Waals surface area contributed by atoms with Crippen LogP contribution in [-0.4, -0.2) is 15.8 Å². The third-order valence-corrected chi connectivity index (χ3v) is 5.30. The van der Waals surface area contributed by atoms with Gasteiger partial charge in [-0.25, -0.2) is 4.98 Å². The van der Waals surface area contributed by atoms with Crippen LogP contribution >= 0.6 is 23.1 Å². The fourth-order valence-corrected chi connectivity index (χ4v) is 3.69. The Morgan fingerprint density at radius 2 is 2.06 bits per heavy atom. The maximum Gasteiger partial charge on any atom is 0.181 e. The molecule has 1 aromatic carbocycles. The highest BCUT2D eigenvalue weighted by atomic mass is 32.2. The average Bonchev–Trinajstić information content (AvgIpc) is 2.67. The number of hydrogen-bond donors (Lipinski definition) is 2. The minimum atomic E-state index is -0.850.